The van der Waals surface area contributed by atoms with E-state index in [0.29, 0.717) is 17.5 Å². The highest BCUT2D eigenvalue weighted by Gasteiger charge is 2.18. The third kappa shape index (κ3) is 5.29. The van der Waals surface area contributed by atoms with Crippen molar-refractivity contribution in [2.45, 2.75) is 0 Å². The van der Waals surface area contributed by atoms with Gasteiger partial charge >= 0.3 is 0 Å². The lowest BCUT2D eigenvalue weighted by Gasteiger charge is -2.13. The van der Waals surface area contributed by atoms with Gasteiger partial charge in [0.25, 0.3) is 0 Å². The van der Waals surface area contributed by atoms with Gasteiger partial charge in [0, 0.05) is 49.6 Å². The second-order valence-corrected chi connectivity index (χ2v) is 14.1. The zero-order chi connectivity index (χ0) is 37.0. The summed E-state index contributed by atoms with van der Waals surface area (Å²) in [4.78, 5) is 15.6. The van der Waals surface area contributed by atoms with Crippen LogP contribution in [0, 0.1) is 0 Å². The summed E-state index contributed by atoms with van der Waals surface area (Å²) < 4.78 is 4.66. The van der Waals surface area contributed by atoms with E-state index < -0.39 is 0 Å². The van der Waals surface area contributed by atoms with Crippen molar-refractivity contribution in [2.75, 3.05) is 0 Å². The summed E-state index contributed by atoms with van der Waals surface area (Å²) in [5.41, 5.74) is 11.7. The number of fused-ring (bicyclic) bond motifs is 6. The van der Waals surface area contributed by atoms with Gasteiger partial charge in [0.2, 0.25) is 0 Å². The van der Waals surface area contributed by atoms with E-state index in [1.165, 1.54) is 21.5 Å². The van der Waals surface area contributed by atoms with Gasteiger partial charge in [0.15, 0.2) is 17.5 Å². The molecule has 0 radical (unpaired) electrons. The van der Waals surface area contributed by atoms with Gasteiger partial charge in [-0.1, -0.05) is 146 Å². The lowest BCUT2D eigenvalue weighted by atomic mass is 10.0. The predicted octanol–water partition coefficient (Wildman–Crippen LogP) is 12.7. The molecule has 0 N–H and O–H groups in total. The van der Waals surface area contributed by atoms with Gasteiger partial charge in [-0.05, 0) is 65.7 Å². The van der Waals surface area contributed by atoms with Crippen LogP contribution in [-0.2, 0) is 0 Å². The fourth-order valence-corrected chi connectivity index (χ4v) is 8.20. The molecular weight excluding hydrogens is 683 g/mol. The molecule has 5 nitrogen and oxygen atoms in total. The van der Waals surface area contributed by atoms with Gasteiger partial charge in [-0.15, -0.1) is 0 Å². The fourth-order valence-electron chi connectivity index (χ4n) is 8.20. The van der Waals surface area contributed by atoms with Crippen molar-refractivity contribution < 1.29 is 0 Å². The quantitative estimate of drug-likeness (QED) is 0.172. The summed E-state index contributed by atoms with van der Waals surface area (Å²) in [7, 11) is 0. The largest absolute Gasteiger partial charge is 0.309 e. The summed E-state index contributed by atoms with van der Waals surface area (Å²) in [6.45, 7) is 0. The standard InChI is InChI=1S/C51H33N5/c1-2-15-34(16-3-1)35-17-12-18-36(31-35)49-52-50(37-19-13-21-39(32-37)55-45-27-8-4-23-41(45)42-24-5-9-28-46(42)55)54-51(53-49)38-20-14-22-40(33-38)56-47-29-10-6-25-43(47)44-26-7-11-30-48(44)56/h1-33H. The summed E-state index contributed by atoms with van der Waals surface area (Å²) in [5.74, 6) is 1.84. The second-order valence-electron chi connectivity index (χ2n) is 14.1. The molecule has 8 aromatic carbocycles. The Hall–Kier alpha value is -7.63. The Bertz CT molecular complexity index is 2980. The molecular formula is C51H33N5. The molecule has 0 amide bonds. The van der Waals surface area contributed by atoms with Crippen LogP contribution in [0.1, 0.15) is 0 Å². The van der Waals surface area contributed by atoms with Gasteiger partial charge < -0.3 is 9.13 Å². The number of aromatic nitrogens is 5. The maximum atomic E-state index is 5.23. The SMILES string of the molecule is c1ccc(-c2cccc(-c3nc(-c4cccc(-n5c6ccccc6c6ccccc65)c4)nc(-c4cccc(-n5c6ccccc6c6ccccc65)c4)n3)c2)cc1. The van der Waals surface area contributed by atoms with Crippen molar-refractivity contribution in [3.63, 3.8) is 0 Å². The number of hydrogen-bond donors (Lipinski definition) is 0. The molecule has 11 aromatic rings. The summed E-state index contributed by atoms with van der Waals surface area (Å²) in [6, 6.07) is 70.3. The lowest BCUT2D eigenvalue weighted by molar-refractivity contribution is 1.07. The number of hydrogen-bond acceptors (Lipinski definition) is 3. The van der Waals surface area contributed by atoms with Gasteiger partial charge in [-0.3, -0.25) is 0 Å². The molecule has 11 rings (SSSR count). The van der Waals surface area contributed by atoms with E-state index in [1.54, 1.807) is 0 Å². The number of nitrogens with zero attached hydrogens (tertiary/aromatic N) is 5. The summed E-state index contributed by atoms with van der Waals surface area (Å²) >= 11 is 0. The molecule has 0 aliphatic rings. The van der Waals surface area contributed by atoms with Gasteiger partial charge in [-0.25, -0.2) is 15.0 Å². The van der Waals surface area contributed by atoms with Crippen molar-refractivity contribution in [3.8, 4) is 56.7 Å². The molecule has 0 saturated heterocycles. The average Bonchev–Trinajstić information content (AvgIpc) is 3.80. The molecule has 262 valence electrons. The lowest BCUT2D eigenvalue weighted by Crippen LogP contribution is -2.02. The van der Waals surface area contributed by atoms with E-state index >= 15 is 0 Å². The molecule has 0 aliphatic carbocycles. The first kappa shape index (κ1) is 31.9. The molecule has 0 atom stereocenters. The van der Waals surface area contributed by atoms with Crippen LogP contribution in [0.4, 0.5) is 0 Å². The van der Waals surface area contributed by atoms with Gasteiger partial charge in [0.05, 0.1) is 22.1 Å². The van der Waals surface area contributed by atoms with Crippen LogP contribution in [-0.4, -0.2) is 24.1 Å². The maximum absolute atomic E-state index is 5.23. The monoisotopic (exact) mass is 715 g/mol. The normalized spacial score (nSPS) is 11.6. The van der Waals surface area contributed by atoms with E-state index in [2.05, 4.69) is 203 Å². The minimum Gasteiger partial charge on any atom is -0.309 e. The first-order valence-electron chi connectivity index (χ1n) is 18.9. The summed E-state index contributed by atoms with van der Waals surface area (Å²) in [6.07, 6.45) is 0. The Morgan fingerprint density at radius 2 is 0.571 bits per heavy atom. The van der Waals surface area contributed by atoms with Crippen molar-refractivity contribution in [1.82, 2.24) is 24.1 Å². The zero-order valence-electron chi connectivity index (χ0n) is 30.3. The Morgan fingerprint density at radius 1 is 0.250 bits per heavy atom. The van der Waals surface area contributed by atoms with Crippen LogP contribution in [0.15, 0.2) is 200 Å². The predicted molar refractivity (Wildman–Crippen MR) is 230 cm³/mol. The smallest absolute Gasteiger partial charge is 0.164 e. The molecule has 5 heteroatoms. The topological polar surface area (TPSA) is 48.5 Å². The van der Waals surface area contributed by atoms with Crippen molar-refractivity contribution >= 4 is 43.6 Å². The van der Waals surface area contributed by atoms with Crippen LogP contribution >= 0.6 is 0 Å². The number of rotatable bonds is 6. The molecule has 0 unspecified atom stereocenters. The van der Waals surface area contributed by atoms with E-state index in [4.69, 9.17) is 15.0 Å². The molecule has 3 aromatic heterocycles. The molecule has 3 heterocycles. The van der Waals surface area contributed by atoms with Gasteiger partial charge in [-0.2, -0.15) is 0 Å². The first-order valence-corrected chi connectivity index (χ1v) is 18.9. The molecule has 0 saturated carbocycles. The van der Waals surface area contributed by atoms with Crippen LogP contribution in [0.25, 0.3) is 100 Å². The highest BCUT2D eigenvalue weighted by Crippen LogP contribution is 2.36. The molecule has 56 heavy (non-hydrogen) atoms. The van der Waals surface area contributed by atoms with Crippen LogP contribution in [0.5, 0.6) is 0 Å². The third-order valence-corrected chi connectivity index (χ3v) is 10.7. The van der Waals surface area contributed by atoms with Crippen molar-refractivity contribution in [1.29, 1.82) is 0 Å². The fraction of sp³-hybridized carbons (Fsp3) is 0. The highest BCUT2D eigenvalue weighted by molar-refractivity contribution is 6.10. The highest BCUT2D eigenvalue weighted by atomic mass is 15.0. The van der Waals surface area contributed by atoms with E-state index in [0.717, 1.165) is 61.3 Å². The van der Waals surface area contributed by atoms with E-state index in [1.807, 2.05) is 6.07 Å². The minimum absolute atomic E-state index is 0.611. The number of benzene rings is 8. The molecule has 0 bridgehead atoms. The Kier molecular flexibility index (Phi) is 7.42. The van der Waals surface area contributed by atoms with Crippen LogP contribution in [0.3, 0.4) is 0 Å². The average molecular weight is 716 g/mol. The molecule has 0 spiro atoms. The van der Waals surface area contributed by atoms with Crippen molar-refractivity contribution in [2.24, 2.45) is 0 Å². The maximum Gasteiger partial charge on any atom is 0.164 e. The minimum atomic E-state index is 0.611. The second kappa shape index (κ2) is 13.0. The zero-order valence-corrected chi connectivity index (χ0v) is 30.3. The number of para-hydroxylation sites is 4. The Balaban J connectivity index is 1.10. The first-order chi connectivity index (χ1) is 27.8. The Labute approximate surface area is 323 Å². The molecule has 0 aliphatic heterocycles. The molecule has 0 fully saturated rings. The van der Waals surface area contributed by atoms with Gasteiger partial charge in [0.1, 0.15) is 0 Å². The Morgan fingerprint density at radius 3 is 1.00 bits per heavy atom. The van der Waals surface area contributed by atoms with E-state index in [-0.39, 0.29) is 0 Å². The third-order valence-electron chi connectivity index (χ3n) is 10.7. The van der Waals surface area contributed by atoms with Crippen LogP contribution in [0.2, 0.25) is 0 Å². The van der Waals surface area contributed by atoms with E-state index in [9.17, 15) is 0 Å². The van der Waals surface area contributed by atoms with Crippen molar-refractivity contribution in [3.05, 3.63) is 200 Å². The van der Waals surface area contributed by atoms with Crippen LogP contribution < -0.4 is 0 Å². The summed E-state index contributed by atoms with van der Waals surface area (Å²) in [5, 5.41) is 4.89.